The maximum absolute atomic E-state index is 5.81. The second-order valence-electron chi connectivity index (χ2n) is 6.44. The second kappa shape index (κ2) is 9.48. The maximum Gasteiger partial charge on any atom is 0.427 e. The fourth-order valence-corrected chi connectivity index (χ4v) is 3.53. The SMILES string of the molecule is c1ccc(Nc2ccc(O[SiH2]Oc3ccc(Nc4ccccc4)cc3)cc2)cc1. The third-order valence-corrected chi connectivity index (χ3v) is 5.19. The number of rotatable bonds is 8. The van der Waals surface area contributed by atoms with Crippen LogP contribution in [0.25, 0.3) is 0 Å². The Labute approximate surface area is 173 Å². The molecule has 0 atom stereocenters. The van der Waals surface area contributed by atoms with Gasteiger partial charge >= 0.3 is 10.0 Å². The number of hydrogen-bond donors (Lipinski definition) is 2. The summed E-state index contributed by atoms with van der Waals surface area (Å²) in [5.41, 5.74) is 4.16. The molecule has 0 saturated heterocycles. The van der Waals surface area contributed by atoms with Crippen molar-refractivity contribution in [2.75, 3.05) is 10.6 Å². The zero-order chi connectivity index (χ0) is 19.7. The van der Waals surface area contributed by atoms with E-state index in [4.69, 9.17) is 8.85 Å². The largest absolute Gasteiger partial charge is 0.516 e. The van der Waals surface area contributed by atoms with Crippen LogP contribution in [0.3, 0.4) is 0 Å². The molecule has 0 saturated carbocycles. The van der Waals surface area contributed by atoms with Crippen LogP contribution in [0, 0.1) is 0 Å². The minimum absolute atomic E-state index is 0.817. The Morgan fingerprint density at radius 1 is 0.414 bits per heavy atom. The van der Waals surface area contributed by atoms with E-state index in [1.54, 1.807) is 0 Å². The van der Waals surface area contributed by atoms with Gasteiger partial charge in [-0.25, -0.2) is 0 Å². The standard InChI is InChI=1S/C24H22N2O2Si/c1-3-7-19(8-4-1)25-21-11-15-23(16-12-21)27-29-28-24-17-13-22(14-18-24)26-20-9-5-2-6-10-20/h1-18,25-26H,29H2. The van der Waals surface area contributed by atoms with E-state index in [9.17, 15) is 0 Å². The lowest BCUT2D eigenvalue weighted by atomic mass is 10.2. The molecule has 4 aromatic rings. The van der Waals surface area contributed by atoms with Gasteiger partial charge in [-0.3, -0.25) is 0 Å². The van der Waals surface area contributed by atoms with Crippen molar-refractivity contribution in [2.45, 2.75) is 0 Å². The van der Waals surface area contributed by atoms with Crippen molar-refractivity contribution in [2.24, 2.45) is 0 Å². The van der Waals surface area contributed by atoms with Crippen molar-refractivity contribution in [3.8, 4) is 11.5 Å². The lowest BCUT2D eigenvalue weighted by molar-refractivity contribution is 0.459. The van der Waals surface area contributed by atoms with Gasteiger partial charge in [-0.2, -0.15) is 0 Å². The molecule has 0 heterocycles. The van der Waals surface area contributed by atoms with Crippen LogP contribution in [0.4, 0.5) is 22.7 Å². The second-order valence-corrected chi connectivity index (χ2v) is 7.25. The summed E-state index contributed by atoms with van der Waals surface area (Å²) in [5.74, 6) is 1.63. The Morgan fingerprint density at radius 3 is 1.14 bits per heavy atom. The number of benzene rings is 4. The van der Waals surface area contributed by atoms with E-state index in [2.05, 4.69) is 10.6 Å². The monoisotopic (exact) mass is 398 g/mol. The smallest absolute Gasteiger partial charge is 0.427 e. The minimum atomic E-state index is -1.16. The van der Waals surface area contributed by atoms with Gasteiger partial charge in [0, 0.05) is 22.7 Å². The number of anilines is 4. The van der Waals surface area contributed by atoms with Gasteiger partial charge in [0.25, 0.3) is 0 Å². The number of para-hydroxylation sites is 2. The highest BCUT2D eigenvalue weighted by Crippen LogP contribution is 2.21. The fraction of sp³-hybridized carbons (Fsp3) is 0. The van der Waals surface area contributed by atoms with Crippen LogP contribution >= 0.6 is 0 Å². The van der Waals surface area contributed by atoms with Crippen molar-refractivity contribution in [1.82, 2.24) is 0 Å². The summed E-state index contributed by atoms with van der Waals surface area (Å²) in [6.07, 6.45) is 0. The highest BCUT2D eigenvalue weighted by atomic mass is 28.3. The molecule has 0 unspecified atom stereocenters. The lowest BCUT2D eigenvalue weighted by Gasteiger charge is -2.11. The Kier molecular flexibility index (Phi) is 6.10. The number of hydrogen-bond acceptors (Lipinski definition) is 4. The molecule has 4 rings (SSSR count). The van der Waals surface area contributed by atoms with Crippen LogP contribution in [0.2, 0.25) is 0 Å². The Hall–Kier alpha value is -3.70. The van der Waals surface area contributed by atoms with E-state index in [1.165, 1.54) is 0 Å². The van der Waals surface area contributed by atoms with Gasteiger partial charge in [0.05, 0.1) is 0 Å². The first-order valence-electron chi connectivity index (χ1n) is 9.45. The molecule has 0 amide bonds. The van der Waals surface area contributed by atoms with Crippen LogP contribution in [0.5, 0.6) is 11.5 Å². The zero-order valence-corrected chi connectivity index (χ0v) is 17.3. The van der Waals surface area contributed by atoms with Gasteiger partial charge in [-0.05, 0) is 72.8 Å². The van der Waals surface area contributed by atoms with Gasteiger partial charge in [0.15, 0.2) is 0 Å². The maximum atomic E-state index is 5.81. The average molecular weight is 399 g/mol. The van der Waals surface area contributed by atoms with Crippen LogP contribution in [-0.2, 0) is 0 Å². The van der Waals surface area contributed by atoms with Gasteiger partial charge < -0.3 is 19.5 Å². The first-order chi connectivity index (χ1) is 14.3. The van der Waals surface area contributed by atoms with E-state index in [1.807, 2.05) is 109 Å². The molecule has 0 bridgehead atoms. The van der Waals surface area contributed by atoms with Gasteiger partial charge in [-0.15, -0.1) is 0 Å². The van der Waals surface area contributed by atoms with Crippen LogP contribution in [-0.4, -0.2) is 10.0 Å². The molecule has 144 valence electrons. The van der Waals surface area contributed by atoms with E-state index in [0.29, 0.717) is 0 Å². The van der Waals surface area contributed by atoms with Crippen molar-refractivity contribution >= 4 is 32.8 Å². The average Bonchev–Trinajstić information content (AvgIpc) is 2.78. The Morgan fingerprint density at radius 2 is 0.759 bits per heavy atom. The molecule has 0 aliphatic carbocycles. The van der Waals surface area contributed by atoms with Crippen LogP contribution < -0.4 is 19.5 Å². The van der Waals surface area contributed by atoms with Crippen molar-refractivity contribution in [3.63, 3.8) is 0 Å². The molecule has 0 aliphatic rings. The summed E-state index contributed by atoms with van der Waals surface area (Å²) in [7, 11) is -1.16. The molecule has 0 radical (unpaired) electrons. The van der Waals surface area contributed by atoms with E-state index in [-0.39, 0.29) is 0 Å². The van der Waals surface area contributed by atoms with Crippen molar-refractivity contribution in [1.29, 1.82) is 0 Å². The summed E-state index contributed by atoms with van der Waals surface area (Å²) in [5, 5.41) is 6.71. The molecule has 4 aromatic carbocycles. The molecule has 4 nitrogen and oxygen atoms in total. The predicted octanol–water partition coefficient (Wildman–Crippen LogP) is 5.63. The minimum Gasteiger partial charge on any atom is -0.516 e. The molecule has 2 N–H and O–H groups in total. The summed E-state index contributed by atoms with van der Waals surface area (Å²) < 4.78 is 11.6. The molecule has 0 spiro atoms. The van der Waals surface area contributed by atoms with E-state index < -0.39 is 10.0 Å². The Balaban J connectivity index is 1.24. The summed E-state index contributed by atoms with van der Waals surface area (Å²) in [4.78, 5) is 0. The first kappa shape index (κ1) is 18.7. The van der Waals surface area contributed by atoms with Crippen molar-refractivity contribution < 1.29 is 8.85 Å². The number of nitrogens with one attached hydrogen (secondary N) is 2. The predicted molar refractivity (Wildman–Crippen MR) is 122 cm³/mol. The van der Waals surface area contributed by atoms with Gasteiger partial charge in [-0.1, -0.05) is 36.4 Å². The zero-order valence-electron chi connectivity index (χ0n) is 15.9. The molecular weight excluding hydrogens is 376 g/mol. The van der Waals surface area contributed by atoms with E-state index >= 15 is 0 Å². The van der Waals surface area contributed by atoms with Gasteiger partial charge in [0.1, 0.15) is 11.5 Å². The fourth-order valence-electron chi connectivity index (χ4n) is 2.81. The summed E-state index contributed by atoms with van der Waals surface area (Å²) in [6.45, 7) is 0. The lowest BCUT2D eigenvalue weighted by Crippen LogP contribution is -2.10. The molecule has 0 fully saturated rings. The van der Waals surface area contributed by atoms with Crippen LogP contribution in [0.15, 0.2) is 109 Å². The molecular formula is C24H22N2O2Si. The first-order valence-corrected chi connectivity index (χ1v) is 10.6. The van der Waals surface area contributed by atoms with Gasteiger partial charge in [0.2, 0.25) is 0 Å². The topological polar surface area (TPSA) is 42.5 Å². The summed E-state index contributed by atoms with van der Waals surface area (Å²) in [6, 6.07) is 36.0. The third kappa shape index (κ3) is 5.64. The summed E-state index contributed by atoms with van der Waals surface area (Å²) >= 11 is 0. The van der Waals surface area contributed by atoms with Crippen molar-refractivity contribution in [3.05, 3.63) is 109 Å². The molecule has 0 aromatic heterocycles. The quantitative estimate of drug-likeness (QED) is 0.378. The van der Waals surface area contributed by atoms with Crippen LogP contribution in [0.1, 0.15) is 0 Å². The third-order valence-electron chi connectivity index (χ3n) is 4.28. The van der Waals surface area contributed by atoms with E-state index in [0.717, 1.165) is 34.2 Å². The molecule has 29 heavy (non-hydrogen) atoms. The normalized spacial score (nSPS) is 10.2. The molecule has 0 aliphatic heterocycles. The Bertz CT molecular complexity index is 923. The molecule has 5 heteroatoms. The highest BCUT2D eigenvalue weighted by Gasteiger charge is 2.00. The highest BCUT2D eigenvalue weighted by molar-refractivity contribution is 6.20.